The molecule has 2 amide bonds. The Bertz CT molecular complexity index is 1520. The number of carbonyl (C=O) groups excluding carboxylic acids is 2. The van der Waals surface area contributed by atoms with Crippen molar-refractivity contribution >= 4 is 40.1 Å². The Hall–Kier alpha value is -3.46. The maximum absolute atomic E-state index is 13.1. The molecule has 0 N–H and O–H groups in total. The van der Waals surface area contributed by atoms with Gasteiger partial charge in [-0.15, -0.1) is 0 Å². The topological polar surface area (TPSA) is 47.7 Å². The predicted molar refractivity (Wildman–Crippen MR) is 170 cm³/mol. The zero-order chi connectivity index (χ0) is 29.5. The average molecular weight is 679 g/mol. The van der Waals surface area contributed by atoms with E-state index >= 15 is 0 Å². The lowest BCUT2D eigenvalue weighted by Crippen LogP contribution is -3.00. The molecule has 42 heavy (non-hydrogen) atoms. The highest BCUT2D eigenvalue weighted by Crippen LogP contribution is 2.34. The molecule has 0 atom stereocenters. The van der Waals surface area contributed by atoms with Crippen LogP contribution in [0.15, 0.2) is 73.1 Å². The van der Waals surface area contributed by atoms with Crippen LogP contribution >= 0.6 is 0 Å². The molecule has 1 aliphatic rings. The number of aromatic nitrogens is 1. The fourth-order valence-electron chi connectivity index (χ4n) is 5.47. The van der Waals surface area contributed by atoms with E-state index in [4.69, 9.17) is 0 Å². The highest BCUT2D eigenvalue weighted by molar-refractivity contribution is 6.00. The van der Waals surface area contributed by atoms with E-state index in [1.54, 1.807) is 0 Å². The lowest BCUT2D eigenvalue weighted by Gasteiger charge is -2.27. The Labute approximate surface area is 268 Å². The number of amides is 2. The smallest absolute Gasteiger partial charge is 0.253 e. The number of carbonyl (C=O) groups is 2. The number of aryl methyl sites for hydroxylation is 1. The molecule has 0 radical (unpaired) electrons. The Balaban J connectivity index is 0.00000484. The van der Waals surface area contributed by atoms with Crippen molar-refractivity contribution in [2.75, 3.05) is 37.6 Å². The van der Waals surface area contributed by atoms with E-state index in [1.165, 1.54) is 0 Å². The van der Waals surface area contributed by atoms with Gasteiger partial charge in [-0.1, -0.05) is 18.2 Å². The number of pyridine rings is 1. The fourth-order valence-corrected chi connectivity index (χ4v) is 5.47. The zero-order valence-electron chi connectivity index (χ0n) is 25.7. The zero-order valence-corrected chi connectivity index (χ0v) is 27.9. The summed E-state index contributed by atoms with van der Waals surface area (Å²) in [4.78, 5) is 32.1. The number of nitrogens with zero attached hydrogens (tertiary/aromatic N) is 4. The second kappa shape index (κ2) is 15.1. The molecule has 1 aromatic heterocycles. The summed E-state index contributed by atoms with van der Waals surface area (Å²) in [5, 5.41) is 1.05. The summed E-state index contributed by atoms with van der Waals surface area (Å²) in [5.74, 6) is 0.112. The van der Waals surface area contributed by atoms with Crippen molar-refractivity contribution < 1.29 is 38.1 Å². The van der Waals surface area contributed by atoms with Crippen LogP contribution in [0.5, 0.6) is 0 Å². The summed E-state index contributed by atoms with van der Waals surface area (Å²) in [7, 11) is 0. The first-order valence-corrected chi connectivity index (χ1v) is 14.9. The molecule has 2 aromatic carbocycles. The first kappa shape index (κ1) is 33.0. The van der Waals surface area contributed by atoms with Gasteiger partial charge >= 0.3 is 0 Å². The summed E-state index contributed by atoms with van der Waals surface area (Å²) >= 11 is 0. The molecule has 0 saturated heterocycles. The quantitative estimate of drug-likeness (QED) is 0.244. The molecule has 7 heteroatoms. The summed E-state index contributed by atoms with van der Waals surface area (Å²) in [5.41, 5.74) is 6.76. The van der Waals surface area contributed by atoms with Crippen molar-refractivity contribution in [3.63, 3.8) is 0 Å². The summed E-state index contributed by atoms with van der Waals surface area (Å²) in [6.45, 7) is 16.7. The summed E-state index contributed by atoms with van der Waals surface area (Å²) < 4.78 is 2.20. The second-order valence-electron chi connectivity index (χ2n) is 10.1. The van der Waals surface area contributed by atoms with Crippen molar-refractivity contribution in [3.8, 4) is 0 Å². The molecule has 0 spiro atoms. The van der Waals surface area contributed by atoms with E-state index in [9.17, 15) is 9.59 Å². The molecule has 2 heterocycles. The van der Waals surface area contributed by atoms with Gasteiger partial charge in [0, 0.05) is 73.4 Å². The number of rotatable bonds is 10. The third-order valence-electron chi connectivity index (χ3n) is 7.93. The standard InChI is InChI=1S/C35H43N4O2.HI/c1-7-36(8-2)34(40)28-16-18-32-30(24-28)26(20-22-38(32)11-5)14-13-15-27-21-23-39(12-6)33-19-17-29(25-31(27)33)35(41)37(9-3)10-4;/h13-25H,7-12H2,1-6H3;1H/q+1;/p-1. The molecular weight excluding hydrogens is 635 g/mol. The van der Waals surface area contributed by atoms with E-state index in [-0.39, 0.29) is 35.8 Å². The number of anilines is 1. The molecule has 0 bridgehead atoms. The van der Waals surface area contributed by atoms with Crippen molar-refractivity contribution in [1.29, 1.82) is 0 Å². The molecule has 0 fully saturated rings. The van der Waals surface area contributed by atoms with Gasteiger partial charge in [0.15, 0.2) is 6.20 Å². The second-order valence-corrected chi connectivity index (χ2v) is 10.1. The minimum atomic E-state index is 0. The Morgan fingerprint density at radius 1 is 0.833 bits per heavy atom. The van der Waals surface area contributed by atoms with Gasteiger partial charge in [0.2, 0.25) is 5.52 Å². The first-order chi connectivity index (χ1) is 19.9. The Morgan fingerprint density at radius 2 is 1.45 bits per heavy atom. The normalized spacial score (nSPS) is 13.4. The molecule has 1 aliphatic heterocycles. The first-order valence-electron chi connectivity index (χ1n) is 14.9. The molecule has 0 aliphatic carbocycles. The van der Waals surface area contributed by atoms with Gasteiger partial charge in [-0.25, -0.2) is 0 Å². The molecule has 0 unspecified atom stereocenters. The maximum Gasteiger partial charge on any atom is 0.253 e. The Kier molecular flexibility index (Phi) is 11.9. The van der Waals surface area contributed by atoms with Crippen LogP contribution in [0.1, 0.15) is 73.4 Å². The number of benzene rings is 2. The number of allylic oxidation sites excluding steroid dienone is 4. The van der Waals surface area contributed by atoms with Crippen LogP contribution in [0.3, 0.4) is 0 Å². The van der Waals surface area contributed by atoms with Gasteiger partial charge in [-0.05, 0) is 89.1 Å². The van der Waals surface area contributed by atoms with Crippen LogP contribution in [0.25, 0.3) is 22.6 Å². The van der Waals surface area contributed by atoms with Crippen molar-refractivity contribution in [3.05, 3.63) is 95.3 Å². The number of fused-ring (bicyclic) bond motifs is 2. The molecule has 3 aromatic rings. The maximum atomic E-state index is 13.1. The highest BCUT2D eigenvalue weighted by atomic mass is 127. The van der Waals surface area contributed by atoms with Crippen LogP contribution in [-0.4, -0.2) is 54.3 Å². The fraction of sp³-hybridized carbons (Fsp3) is 0.343. The third kappa shape index (κ3) is 6.77. The van der Waals surface area contributed by atoms with Crippen LogP contribution in [0.4, 0.5) is 5.69 Å². The van der Waals surface area contributed by atoms with Gasteiger partial charge < -0.3 is 38.7 Å². The number of hydrogen-bond acceptors (Lipinski definition) is 3. The molecular formula is C35H43IN4O2. The summed E-state index contributed by atoms with van der Waals surface area (Å²) in [6.07, 6.45) is 12.6. The molecule has 6 nitrogen and oxygen atoms in total. The van der Waals surface area contributed by atoms with Gasteiger partial charge in [0.1, 0.15) is 6.54 Å². The highest BCUT2D eigenvalue weighted by Gasteiger charge is 2.20. The van der Waals surface area contributed by atoms with E-state index in [0.717, 1.165) is 46.4 Å². The molecule has 222 valence electrons. The van der Waals surface area contributed by atoms with Gasteiger partial charge in [0.25, 0.3) is 11.8 Å². The number of halogens is 1. The van der Waals surface area contributed by atoms with Crippen molar-refractivity contribution in [1.82, 2.24) is 9.80 Å². The molecule has 0 saturated carbocycles. The minimum Gasteiger partial charge on any atom is -1.00 e. The summed E-state index contributed by atoms with van der Waals surface area (Å²) in [6, 6.07) is 14.1. The van der Waals surface area contributed by atoms with E-state index < -0.39 is 0 Å². The van der Waals surface area contributed by atoms with Crippen LogP contribution < -0.4 is 33.4 Å². The van der Waals surface area contributed by atoms with Crippen LogP contribution in [-0.2, 0) is 6.54 Å². The predicted octanol–water partition coefficient (Wildman–Crippen LogP) is 3.57. The van der Waals surface area contributed by atoms with E-state index in [2.05, 4.69) is 78.2 Å². The van der Waals surface area contributed by atoms with Crippen molar-refractivity contribution in [2.24, 2.45) is 0 Å². The molecule has 4 rings (SSSR count). The van der Waals surface area contributed by atoms with Gasteiger partial charge in [-0.2, -0.15) is 4.57 Å². The van der Waals surface area contributed by atoms with Gasteiger partial charge in [-0.3, -0.25) is 9.59 Å². The van der Waals surface area contributed by atoms with E-state index in [1.807, 2.05) is 61.8 Å². The van der Waals surface area contributed by atoms with Gasteiger partial charge in [0.05, 0.1) is 5.39 Å². The number of hydrogen-bond donors (Lipinski definition) is 0. The SMILES string of the molecule is CCN(CC)C(=O)c1ccc2c(c1)/C(=C/C=C/c1cc[n+](CC)c3ccc(C(=O)N(CC)CC)cc13)C=CN2CC.[I-]. The van der Waals surface area contributed by atoms with Crippen LogP contribution in [0, 0.1) is 0 Å². The monoisotopic (exact) mass is 678 g/mol. The van der Waals surface area contributed by atoms with E-state index in [0.29, 0.717) is 37.3 Å². The van der Waals surface area contributed by atoms with Crippen LogP contribution in [0.2, 0.25) is 0 Å². The lowest BCUT2D eigenvalue weighted by atomic mass is 9.96. The lowest BCUT2D eigenvalue weighted by molar-refractivity contribution is -0.667. The third-order valence-corrected chi connectivity index (χ3v) is 7.93. The Morgan fingerprint density at radius 3 is 2.05 bits per heavy atom. The largest absolute Gasteiger partial charge is 1.00 e. The van der Waals surface area contributed by atoms with Crippen molar-refractivity contribution in [2.45, 2.75) is 48.1 Å². The average Bonchev–Trinajstić information content (AvgIpc) is 3.01. The minimum absolute atomic E-state index is 0.